The number of benzene rings is 1. The molecule has 1 aromatic rings. The molecule has 1 rings (SSSR count). The van der Waals surface area contributed by atoms with Crippen LogP contribution in [0.3, 0.4) is 0 Å². The molecule has 20 heavy (non-hydrogen) atoms. The van der Waals surface area contributed by atoms with E-state index in [9.17, 15) is 27.9 Å². The molecule has 0 unspecified atom stereocenters. The fourth-order valence-electron chi connectivity index (χ4n) is 1.45. The van der Waals surface area contributed by atoms with E-state index in [1.165, 1.54) is 6.92 Å². The molecule has 1 aromatic carbocycles. The molecule has 0 aromatic heterocycles. The maximum atomic E-state index is 12.6. The molecule has 0 atom stereocenters. The molecule has 0 aliphatic heterocycles. The number of aromatic hydroxyl groups is 2. The fraction of sp³-hybridized carbons (Fsp3) is 0.231. The summed E-state index contributed by atoms with van der Waals surface area (Å²) in [7, 11) is 0. The molecule has 7 heteroatoms. The first-order chi connectivity index (χ1) is 9.11. The van der Waals surface area contributed by atoms with Gasteiger partial charge in [0.05, 0.1) is 6.42 Å². The lowest BCUT2D eigenvalue weighted by molar-refractivity contribution is -0.139. The minimum absolute atomic E-state index is 0.121. The number of alkyl halides is 3. The molecular weight excluding hydrogens is 277 g/mol. The molecule has 0 aliphatic carbocycles. The van der Waals surface area contributed by atoms with E-state index in [4.69, 9.17) is 5.11 Å². The number of hydrogen-bond donors (Lipinski definition) is 2. The molecule has 0 radical (unpaired) electrons. The van der Waals surface area contributed by atoms with Crippen LogP contribution in [0.4, 0.5) is 13.2 Å². The first-order valence-electron chi connectivity index (χ1n) is 5.44. The molecular formula is C13H11F3O4. The summed E-state index contributed by atoms with van der Waals surface area (Å²) < 4.78 is 37.7. The van der Waals surface area contributed by atoms with Crippen molar-refractivity contribution in [3.63, 3.8) is 0 Å². The quantitative estimate of drug-likeness (QED) is 0.507. The molecule has 4 nitrogen and oxygen atoms in total. The minimum Gasteiger partial charge on any atom is -0.504 e. The molecule has 2 N–H and O–H groups in total. The van der Waals surface area contributed by atoms with E-state index in [1.807, 2.05) is 0 Å². The van der Waals surface area contributed by atoms with Crippen LogP contribution in [0.25, 0.3) is 6.08 Å². The van der Waals surface area contributed by atoms with Crippen LogP contribution >= 0.6 is 0 Å². The Labute approximate surface area is 112 Å². The first-order valence-corrected chi connectivity index (χ1v) is 5.44. The Morgan fingerprint density at radius 2 is 1.85 bits per heavy atom. The Bertz CT molecular complexity index is 574. The topological polar surface area (TPSA) is 74.6 Å². The van der Waals surface area contributed by atoms with E-state index >= 15 is 0 Å². The van der Waals surface area contributed by atoms with Crippen molar-refractivity contribution in [1.82, 2.24) is 0 Å². The highest BCUT2D eigenvalue weighted by atomic mass is 19.4. The summed E-state index contributed by atoms with van der Waals surface area (Å²) >= 11 is 0. The van der Waals surface area contributed by atoms with Crippen LogP contribution in [0.15, 0.2) is 18.2 Å². The van der Waals surface area contributed by atoms with Crippen molar-refractivity contribution in [3.05, 3.63) is 29.3 Å². The highest BCUT2D eigenvalue weighted by Crippen LogP contribution is 2.41. The van der Waals surface area contributed by atoms with Gasteiger partial charge in [0.1, 0.15) is 11.3 Å². The highest BCUT2D eigenvalue weighted by Gasteiger charge is 2.35. The van der Waals surface area contributed by atoms with Crippen LogP contribution in [0.5, 0.6) is 11.5 Å². The smallest absolute Gasteiger partial charge is 0.420 e. The lowest BCUT2D eigenvalue weighted by atomic mass is 10.1. The third kappa shape index (κ3) is 4.11. The number of allylic oxidation sites excluding steroid dienone is 1. The Morgan fingerprint density at radius 3 is 2.35 bits per heavy atom. The van der Waals surface area contributed by atoms with Crippen molar-refractivity contribution in [1.29, 1.82) is 0 Å². The number of rotatable bonds is 4. The monoisotopic (exact) mass is 288 g/mol. The summed E-state index contributed by atoms with van der Waals surface area (Å²) in [5, 5.41) is 18.4. The van der Waals surface area contributed by atoms with Crippen molar-refractivity contribution in [2.45, 2.75) is 19.5 Å². The van der Waals surface area contributed by atoms with Crippen LogP contribution in [0.1, 0.15) is 24.5 Å². The molecule has 0 aliphatic rings. The number of phenolic OH excluding ortho intramolecular Hbond substituents is 2. The number of halogens is 3. The maximum absolute atomic E-state index is 12.6. The lowest BCUT2D eigenvalue weighted by Gasteiger charge is -2.11. The molecule has 0 spiro atoms. The van der Waals surface area contributed by atoms with Gasteiger partial charge in [0.15, 0.2) is 17.3 Å². The van der Waals surface area contributed by atoms with Gasteiger partial charge in [-0.05, 0) is 30.7 Å². The summed E-state index contributed by atoms with van der Waals surface area (Å²) in [5.41, 5.74) is -1.53. The molecule has 0 saturated carbocycles. The Morgan fingerprint density at radius 1 is 1.25 bits per heavy atom. The minimum atomic E-state index is -4.84. The second-order valence-corrected chi connectivity index (χ2v) is 4.11. The molecule has 0 heterocycles. The van der Waals surface area contributed by atoms with Gasteiger partial charge in [-0.3, -0.25) is 9.59 Å². The number of phenols is 2. The summed E-state index contributed by atoms with van der Waals surface area (Å²) in [6, 6.07) is 1.47. The third-order valence-corrected chi connectivity index (χ3v) is 2.30. The second kappa shape index (κ2) is 5.77. The van der Waals surface area contributed by atoms with Gasteiger partial charge in [-0.2, -0.15) is 13.2 Å². The summed E-state index contributed by atoms with van der Waals surface area (Å²) in [5.74, 6) is -3.16. The second-order valence-electron chi connectivity index (χ2n) is 4.11. The average Bonchev–Trinajstić information content (AvgIpc) is 2.28. The largest absolute Gasteiger partial charge is 0.504 e. The van der Waals surface area contributed by atoms with E-state index < -0.39 is 29.0 Å². The molecule has 0 amide bonds. The van der Waals surface area contributed by atoms with Crippen molar-refractivity contribution in [2.24, 2.45) is 0 Å². The van der Waals surface area contributed by atoms with Crippen LogP contribution in [0.2, 0.25) is 0 Å². The summed E-state index contributed by atoms with van der Waals surface area (Å²) in [6.45, 7) is 1.21. The van der Waals surface area contributed by atoms with Crippen LogP contribution in [-0.2, 0) is 15.8 Å². The number of hydrogen-bond acceptors (Lipinski definition) is 4. The van der Waals surface area contributed by atoms with Gasteiger partial charge >= 0.3 is 6.18 Å². The van der Waals surface area contributed by atoms with Crippen LogP contribution in [0, 0.1) is 0 Å². The van der Waals surface area contributed by atoms with Crippen molar-refractivity contribution >= 4 is 17.6 Å². The predicted octanol–water partition coefficient (Wildman–Crippen LogP) is 2.68. The van der Waals surface area contributed by atoms with Crippen LogP contribution in [-0.4, -0.2) is 21.8 Å². The summed E-state index contributed by atoms with van der Waals surface area (Å²) in [6.07, 6.45) is -3.23. The average molecular weight is 288 g/mol. The molecule has 0 bridgehead atoms. The normalized spacial score (nSPS) is 11.8. The zero-order valence-electron chi connectivity index (χ0n) is 10.4. The van der Waals surface area contributed by atoms with Gasteiger partial charge in [-0.1, -0.05) is 6.08 Å². The zero-order chi connectivity index (χ0) is 15.5. The number of Topliss-reactive ketones (excluding diaryl/α,β-unsaturated/α-hetero) is 1. The lowest BCUT2D eigenvalue weighted by Crippen LogP contribution is -2.05. The Balaban J connectivity index is 3.09. The van der Waals surface area contributed by atoms with Gasteiger partial charge < -0.3 is 10.2 Å². The third-order valence-electron chi connectivity index (χ3n) is 2.30. The standard InChI is InChI=1S/C13H11F3O4/c1-7(17)4-9(18)3-2-8-5-10(13(14,15)16)12(20)11(19)6-8/h2-3,5-6,19-20H,4H2,1H3. The van der Waals surface area contributed by atoms with Crippen molar-refractivity contribution in [3.8, 4) is 11.5 Å². The first kappa shape index (κ1) is 15.7. The van der Waals surface area contributed by atoms with E-state index in [-0.39, 0.29) is 17.8 Å². The van der Waals surface area contributed by atoms with Gasteiger partial charge in [-0.15, -0.1) is 0 Å². The SMILES string of the molecule is CC(=O)CC(=O)C=Cc1cc(O)c(O)c(C(F)(F)F)c1. The predicted molar refractivity (Wildman–Crippen MR) is 64.1 cm³/mol. The van der Waals surface area contributed by atoms with E-state index in [0.29, 0.717) is 6.07 Å². The van der Waals surface area contributed by atoms with Gasteiger partial charge in [0.25, 0.3) is 0 Å². The Kier molecular flexibility index (Phi) is 4.54. The summed E-state index contributed by atoms with van der Waals surface area (Å²) in [4.78, 5) is 21.9. The van der Waals surface area contributed by atoms with Crippen LogP contribution < -0.4 is 0 Å². The molecule has 0 saturated heterocycles. The van der Waals surface area contributed by atoms with E-state index in [0.717, 1.165) is 18.2 Å². The number of carbonyl (C=O) groups excluding carboxylic acids is 2. The number of ketones is 2. The number of carbonyl (C=O) groups is 2. The van der Waals surface area contributed by atoms with Gasteiger partial charge in [-0.25, -0.2) is 0 Å². The molecule has 108 valence electrons. The fourth-order valence-corrected chi connectivity index (χ4v) is 1.45. The van der Waals surface area contributed by atoms with E-state index in [1.54, 1.807) is 0 Å². The van der Waals surface area contributed by atoms with E-state index in [2.05, 4.69) is 0 Å². The van der Waals surface area contributed by atoms with Crippen molar-refractivity contribution < 1.29 is 33.0 Å². The zero-order valence-corrected chi connectivity index (χ0v) is 10.4. The Hall–Kier alpha value is -2.31. The maximum Gasteiger partial charge on any atom is 0.420 e. The van der Waals surface area contributed by atoms with Gasteiger partial charge in [0, 0.05) is 0 Å². The van der Waals surface area contributed by atoms with Crippen molar-refractivity contribution in [2.75, 3.05) is 0 Å². The molecule has 0 fully saturated rings. The van der Waals surface area contributed by atoms with Gasteiger partial charge in [0.2, 0.25) is 0 Å². The highest BCUT2D eigenvalue weighted by molar-refractivity contribution is 6.05.